The highest BCUT2D eigenvalue weighted by atomic mass is 32.2. The number of thioether (sulfide) groups is 1. The summed E-state index contributed by atoms with van der Waals surface area (Å²) in [5, 5.41) is 14.9. The number of rotatable bonds is 8. The highest BCUT2D eigenvalue weighted by Gasteiger charge is 2.10. The number of hydrogen-bond acceptors (Lipinski definition) is 6. The Labute approximate surface area is 138 Å². The summed E-state index contributed by atoms with van der Waals surface area (Å²) >= 11 is 2.89. The molecule has 5 nitrogen and oxygen atoms in total. The van der Waals surface area contributed by atoms with Gasteiger partial charge in [-0.3, -0.25) is 4.79 Å². The van der Waals surface area contributed by atoms with Crippen LogP contribution < -0.4 is 10.6 Å². The van der Waals surface area contributed by atoms with Gasteiger partial charge in [-0.1, -0.05) is 60.4 Å². The van der Waals surface area contributed by atoms with E-state index in [4.69, 9.17) is 0 Å². The Balaban J connectivity index is 1.71. The van der Waals surface area contributed by atoms with Crippen molar-refractivity contribution in [1.82, 2.24) is 15.5 Å². The lowest BCUT2D eigenvalue weighted by Crippen LogP contribution is -2.28. The molecule has 0 spiro atoms. The highest BCUT2D eigenvalue weighted by Crippen LogP contribution is 2.25. The van der Waals surface area contributed by atoms with Gasteiger partial charge in [0.25, 0.3) is 0 Å². The number of carbonyl (C=O) groups is 1. The van der Waals surface area contributed by atoms with E-state index in [0.29, 0.717) is 18.2 Å². The maximum atomic E-state index is 11.9. The van der Waals surface area contributed by atoms with E-state index in [2.05, 4.69) is 39.9 Å². The Morgan fingerprint density at radius 1 is 1.32 bits per heavy atom. The molecular formula is C15H20N4OS2. The molecule has 2 aromatic rings. The van der Waals surface area contributed by atoms with Gasteiger partial charge in [0.2, 0.25) is 11.0 Å². The third-order valence-corrected chi connectivity index (χ3v) is 5.05. The Hall–Kier alpha value is -1.60. The molecule has 0 fully saturated rings. The van der Waals surface area contributed by atoms with Crippen LogP contribution in [0.4, 0.5) is 5.13 Å². The van der Waals surface area contributed by atoms with Gasteiger partial charge in [0.05, 0.1) is 5.75 Å². The molecule has 0 bridgehead atoms. The molecule has 0 unspecified atom stereocenters. The predicted octanol–water partition coefficient (Wildman–Crippen LogP) is 2.98. The maximum Gasteiger partial charge on any atom is 0.230 e. The second-order valence-corrected chi connectivity index (χ2v) is 7.01. The van der Waals surface area contributed by atoms with E-state index < -0.39 is 0 Å². The van der Waals surface area contributed by atoms with Gasteiger partial charge in [-0.2, -0.15) is 0 Å². The number of carbonyl (C=O) groups excluding carboxylic acids is 1. The van der Waals surface area contributed by atoms with Crippen molar-refractivity contribution in [2.24, 2.45) is 0 Å². The van der Waals surface area contributed by atoms with Gasteiger partial charge in [0, 0.05) is 13.1 Å². The average molecular weight is 336 g/mol. The molecule has 118 valence electrons. The third kappa shape index (κ3) is 5.31. The molecule has 0 aliphatic rings. The number of nitrogens with zero attached hydrogens (tertiary/aromatic N) is 2. The van der Waals surface area contributed by atoms with E-state index >= 15 is 0 Å². The number of aromatic nitrogens is 2. The van der Waals surface area contributed by atoms with E-state index in [-0.39, 0.29) is 5.91 Å². The van der Waals surface area contributed by atoms with Crippen LogP contribution in [-0.4, -0.2) is 34.9 Å². The number of benzene rings is 1. The van der Waals surface area contributed by atoms with Crippen molar-refractivity contribution < 1.29 is 4.79 Å². The first-order valence-electron chi connectivity index (χ1n) is 7.21. The lowest BCUT2D eigenvalue weighted by molar-refractivity contribution is -0.118. The van der Waals surface area contributed by atoms with Gasteiger partial charge in [-0.15, -0.1) is 10.2 Å². The van der Waals surface area contributed by atoms with Gasteiger partial charge in [0.1, 0.15) is 0 Å². The maximum absolute atomic E-state index is 11.9. The zero-order valence-electron chi connectivity index (χ0n) is 12.7. The molecule has 0 saturated heterocycles. The van der Waals surface area contributed by atoms with Crippen LogP contribution in [0.5, 0.6) is 0 Å². The summed E-state index contributed by atoms with van der Waals surface area (Å²) in [6.07, 6.45) is 0. The summed E-state index contributed by atoms with van der Waals surface area (Å²) in [7, 11) is 0. The third-order valence-electron chi connectivity index (χ3n) is 3.04. The first kappa shape index (κ1) is 16.8. The minimum Gasteiger partial charge on any atom is -0.360 e. The topological polar surface area (TPSA) is 66.9 Å². The summed E-state index contributed by atoms with van der Waals surface area (Å²) in [5.74, 6) is 0.687. The fourth-order valence-corrected chi connectivity index (χ4v) is 3.49. The summed E-state index contributed by atoms with van der Waals surface area (Å²) in [5.41, 5.74) is 1.23. The van der Waals surface area contributed by atoms with Crippen LogP contribution in [0.1, 0.15) is 25.3 Å². The van der Waals surface area contributed by atoms with Crippen LogP contribution in [0.3, 0.4) is 0 Å². The highest BCUT2D eigenvalue weighted by molar-refractivity contribution is 8.01. The molecule has 1 aromatic carbocycles. The smallest absolute Gasteiger partial charge is 0.230 e. The van der Waals surface area contributed by atoms with Gasteiger partial charge in [-0.25, -0.2) is 0 Å². The normalized spacial score (nSPS) is 11.9. The van der Waals surface area contributed by atoms with E-state index in [1.807, 2.05) is 25.1 Å². The van der Waals surface area contributed by atoms with Crippen LogP contribution in [0.25, 0.3) is 0 Å². The second-order valence-electron chi connectivity index (χ2n) is 4.81. The second kappa shape index (κ2) is 8.75. The van der Waals surface area contributed by atoms with E-state index in [9.17, 15) is 4.79 Å². The minimum atomic E-state index is 0.0213. The minimum absolute atomic E-state index is 0.0213. The fraction of sp³-hybridized carbons (Fsp3) is 0.400. The molecule has 2 rings (SSSR count). The lowest BCUT2D eigenvalue weighted by atomic mass is 10.0. The van der Waals surface area contributed by atoms with E-state index in [0.717, 1.165) is 16.0 Å². The summed E-state index contributed by atoms with van der Waals surface area (Å²) < 4.78 is 0.808. The quantitative estimate of drug-likeness (QED) is 0.726. The summed E-state index contributed by atoms with van der Waals surface area (Å²) in [6, 6.07) is 10.2. The first-order chi connectivity index (χ1) is 10.7. The van der Waals surface area contributed by atoms with Gasteiger partial charge < -0.3 is 10.6 Å². The van der Waals surface area contributed by atoms with E-state index in [1.54, 1.807) is 0 Å². The molecule has 0 radical (unpaired) electrons. The molecule has 1 amide bonds. The van der Waals surface area contributed by atoms with Crippen molar-refractivity contribution in [3.05, 3.63) is 35.9 Å². The Kier molecular flexibility index (Phi) is 6.67. The van der Waals surface area contributed by atoms with Crippen molar-refractivity contribution in [3.63, 3.8) is 0 Å². The fourth-order valence-electron chi connectivity index (χ4n) is 1.84. The molecule has 2 N–H and O–H groups in total. The zero-order chi connectivity index (χ0) is 15.8. The molecule has 22 heavy (non-hydrogen) atoms. The predicted molar refractivity (Wildman–Crippen MR) is 92.7 cm³/mol. The summed E-state index contributed by atoms with van der Waals surface area (Å²) in [6.45, 7) is 5.57. The van der Waals surface area contributed by atoms with Gasteiger partial charge in [-0.05, 0) is 18.4 Å². The van der Waals surface area contributed by atoms with Crippen LogP contribution >= 0.6 is 23.1 Å². The van der Waals surface area contributed by atoms with Crippen molar-refractivity contribution in [1.29, 1.82) is 0 Å². The van der Waals surface area contributed by atoms with Crippen molar-refractivity contribution in [2.75, 3.05) is 24.2 Å². The average Bonchev–Trinajstić information content (AvgIpc) is 2.99. The van der Waals surface area contributed by atoms with Crippen LogP contribution in [0.15, 0.2) is 34.7 Å². The monoisotopic (exact) mass is 336 g/mol. The Morgan fingerprint density at radius 2 is 2.09 bits per heavy atom. The number of amides is 1. The largest absolute Gasteiger partial charge is 0.360 e. The Morgan fingerprint density at radius 3 is 2.82 bits per heavy atom. The molecule has 0 saturated carbocycles. The van der Waals surface area contributed by atoms with E-state index in [1.165, 1.54) is 28.7 Å². The summed E-state index contributed by atoms with van der Waals surface area (Å²) in [4.78, 5) is 11.9. The number of nitrogens with one attached hydrogen (secondary N) is 2. The zero-order valence-corrected chi connectivity index (χ0v) is 14.3. The van der Waals surface area contributed by atoms with Crippen LogP contribution in [0.2, 0.25) is 0 Å². The van der Waals surface area contributed by atoms with Gasteiger partial charge >= 0.3 is 0 Å². The van der Waals surface area contributed by atoms with Crippen molar-refractivity contribution in [3.8, 4) is 0 Å². The standard InChI is InChI=1S/C15H20N4OS2/c1-3-16-14-18-19-15(22-14)21-10-13(20)17-9-11(2)12-7-5-4-6-8-12/h4-8,11H,3,9-10H2,1-2H3,(H,16,18)(H,17,20)/t11-/m0/s1. The van der Waals surface area contributed by atoms with Crippen molar-refractivity contribution in [2.45, 2.75) is 24.1 Å². The Bertz CT molecular complexity index is 588. The molecular weight excluding hydrogens is 316 g/mol. The first-order valence-corrected chi connectivity index (χ1v) is 9.01. The number of anilines is 1. The van der Waals surface area contributed by atoms with Gasteiger partial charge in [0.15, 0.2) is 4.34 Å². The SMILES string of the molecule is CCNc1nnc(SCC(=O)NC[C@H](C)c2ccccc2)s1. The van der Waals surface area contributed by atoms with Crippen molar-refractivity contribution >= 4 is 34.1 Å². The van der Waals surface area contributed by atoms with Crippen LogP contribution in [0, 0.1) is 0 Å². The lowest BCUT2D eigenvalue weighted by Gasteiger charge is -2.12. The number of hydrogen-bond donors (Lipinski definition) is 2. The molecule has 0 aliphatic carbocycles. The molecule has 1 aromatic heterocycles. The molecule has 0 aliphatic heterocycles. The molecule has 1 atom stereocenters. The molecule has 1 heterocycles. The van der Waals surface area contributed by atoms with Crippen LogP contribution in [-0.2, 0) is 4.79 Å². The molecule has 7 heteroatoms.